The van der Waals surface area contributed by atoms with E-state index in [-0.39, 0.29) is 29.2 Å². The lowest BCUT2D eigenvalue weighted by molar-refractivity contribution is 0.222. The van der Waals surface area contributed by atoms with Crippen molar-refractivity contribution in [3.05, 3.63) is 34.9 Å². The van der Waals surface area contributed by atoms with E-state index in [1.54, 1.807) is 6.07 Å². The maximum Gasteiger partial charge on any atom is 0.322 e. The van der Waals surface area contributed by atoms with Crippen molar-refractivity contribution >= 4 is 23.2 Å². The Balaban J connectivity index is 2.28. The van der Waals surface area contributed by atoms with Gasteiger partial charge in [-0.15, -0.1) is 0 Å². The van der Waals surface area contributed by atoms with Gasteiger partial charge in [0.15, 0.2) is 0 Å². The van der Waals surface area contributed by atoms with Crippen LogP contribution in [0, 0.1) is 12.7 Å². The highest BCUT2D eigenvalue weighted by atomic mass is 35.5. The molecule has 0 amide bonds. The molecule has 1 aromatic heterocycles. The van der Waals surface area contributed by atoms with E-state index in [4.69, 9.17) is 16.3 Å². The van der Waals surface area contributed by atoms with Gasteiger partial charge in [0, 0.05) is 5.69 Å². The van der Waals surface area contributed by atoms with E-state index < -0.39 is 0 Å². The maximum absolute atomic E-state index is 13.2. The Bertz CT molecular complexity index is 621. The van der Waals surface area contributed by atoms with Crippen molar-refractivity contribution in [1.29, 1.82) is 0 Å². The highest BCUT2D eigenvalue weighted by molar-refractivity contribution is 6.28. The molecule has 1 aromatic carbocycles. The Hall–Kier alpha value is -1.95. The second-order valence-corrected chi connectivity index (χ2v) is 4.80. The third kappa shape index (κ3) is 3.77. The molecule has 0 aliphatic carbocycles. The summed E-state index contributed by atoms with van der Waals surface area (Å²) in [7, 11) is 0. The summed E-state index contributed by atoms with van der Waals surface area (Å²) in [5.41, 5.74) is 1.41. The summed E-state index contributed by atoms with van der Waals surface area (Å²) < 4.78 is 18.6. The van der Waals surface area contributed by atoms with Gasteiger partial charge < -0.3 is 10.1 Å². The first-order chi connectivity index (χ1) is 9.44. The van der Waals surface area contributed by atoms with Crippen LogP contribution in [0.15, 0.2) is 18.2 Å². The highest BCUT2D eigenvalue weighted by Gasteiger charge is 2.09. The molecule has 0 unspecified atom stereocenters. The van der Waals surface area contributed by atoms with Crippen molar-refractivity contribution in [3.8, 4) is 6.01 Å². The lowest BCUT2D eigenvalue weighted by atomic mass is 10.2. The molecule has 7 heteroatoms. The fraction of sp³-hybridized carbons (Fsp3) is 0.308. The molecule has 2 rings (SSSR count). The van der Waals surface area contributed by atoms with Gasteiger partial charge in [-0.25, -0.2) is 4.39 Å². The minimum Gasteiger partial charge on any atom is -0.461 e. The van der Waals surface area contributed by atoms with Crippen molar-refractivity contribution in [2.45, 2.75) is 26.9 Å². The summed E-state index contributed by atoms with van der Waals surface area (Å²) in [6.45, 7) is 5.54. The van der Waals surface area contributed by atoms with Crippen molar-refractivity contribution < 1.29 is 9.13 Å². The predicted molar refractivity (Wildman–Crippen MR) is 75.0 cm³/mol. The lowest BCUT2D eigenvalue weighted by Gasteiger charge is -2.11. The summed E-state index contributed by atoms with van der Waals surface area (Å²) in [5, 5.41) is 2.91. The number of anilines is 2. The van der Waals surface area contributed by atoms with E-state index >= 15 is 0 Å². The number of aryl methyl sites for hydroxylation is 1. The Morgan fingerprint density at radius 3 is 2.70 bits per heavy atom. The van der Waals surface area contributed by atoms with Crippen LogP contribution in [0.5, 0.6) is 6.01 Å². The summed E-state index contributed by atoms with van der Waals surface area (Å²) in [6, 6.07) is 4.52. The number of ether oxygens (including phenoxy) is 1. The van der Waals surface area contributed by atoms with Crippen LogP contribution in [-0.4, -0.2) is 21.1 Å². The van der Waals surface area contributed by atoms with Crippen LogP contribution in [0.1, 0.15) is 19.4 Å². The molecule has 0 bridgehead atoms. The Morgan fingerprint density at radius 2 is 2.00 bits per heavy atom. The molecule has 1 heterocycles. The number of hydrogen-bond donors (Lipinski definition) is 1. The molecule has 0 atom stereocenters. The molecule has 5 nitrogen and oxygen atoms in total. The van der Waals surface area contributed by atoms with Gasteiger partial charge in [0.1, 0.15) is 5.82 Å². The smallest absolute Gasteiger partial charge is 0.322 e. The van der Waals surface area contributed by atoms with E-state index in [2.05, 4.69) is 20.3 Å². The molecule has 1 N–H and O–H groups in total. The van der Waals surface area contributed by atoms with Gasteiger partial charge in [-0.2, -0.15) is 15.0 Å². The standard InChI is InChI=1S/C13H14ClFN4O/c1-7(2)20-13-18-11(14)17-12(19-13)16-10-6-9(15)5-4-8(10)3/h4-7H,1-3H3,(H,16,17,18,19). The van der Waals surface area contributed by atoms with Gasteiger partial charge >= 0.3 is 6.01 Å². The summed E-state index contributed by atoms with van der Waals surface area (Å²) >= 11 is 5.81. The first-order valence-electron chi connectivity index (χ1n) is 6.05. The van der Waals surface area contributed by atoms with Crippen LogP contribution >= 0.6 is 11.6 Å². The fourth-order valence-corrected chi connectivity index (χ4v) is 1.65. The zero-order chi connectivity index (χ0) is 14.7. The van der Waals surface area contributed by atoms with Crippen LogP contribution in [-0.2, 0) is 0 Å². The van der Waals surface area contributed by atoms with Crippen LogP contribution < -0.4 is 10.1 Å². The van der Waals surface area contributed by atoms with Crippen molar-refractivity contribution in [2.75, 3.05) is 5.32 Å². The Kier molecular flexibility index (Phi) is 4.34. The van der Waals surface area contributed by atoms with Gasteiger partial charge in [0.25, 0.3) is 0 Å². The average Bonchev–Trinajstić information content (AvgIpc) is 2.32. The number of benzene rings is 1. The lowest BCUT2D eigenvalue weighted by Crippen LogP contribution is -2.10. The SMILES string of the molecule is Cc1ccc(F)cc1Nc1nc(Cl)nc(OC(C)C)n1. The van der Waals surface area contributed by atoms with E-state index in [1.807, 2.05) is 20.8 Å². The van der Waals surface area contributed by atoms with Gasteiger partial charge in [0.05, 0.1) is 6.10 Å². The number of rotatable bonds is 4. The minimum atomic E-state index is -0.350. The quantitative estimate of drug-likeness (QED) is 0.935. The normalized spacial score (nSPS) is 10.7. The fourth-order valence-electron chi connectivity index (χ4n) is 1.50. The van der Waals surface area contributed by atoms with Crippen molar-refractivity contribution in [3.63, 3.8) is 0 Å². The van der Waals surface area contributed by atoms with Crippen LogP contribution in [0.2, 0.25) is 5.28 Å². The number of nitrogens with one attached hydrogen (secondary N) is 1. The molecule has 0 aliphatic rings. The van der Waals surface area contributed by atoms with Crippen LogP contribution in [0.25, 0.3) is 0 Å². The zero-order valence-electron chi connectivity index (χ0n) is 11.3. The largest absolute Gasteiger partial charge is 0.461 e. The molecule has 0 radical (unpaired) electrons. The predicted octanol–water partition coefficient (Wildman–Crippen LogP) is 3.50. The second kappa shape index (κ2) is 6.00. The maximum atomic E-state index is 13.2. The summed E-state index contributed by atoms with van der Waals surface area (Å²) in [6.07, 6.45) is -0.0859. The molecule has 0 fully saturated rings. The summed E-state index contributed by atoms with van der Waals surface area (Å²) in [5.74, 6) is -0.147. The third-order valence-corrected chi connectivity index (χ3v) is 2.54. The van der Waals surface area contributed by atoms with Crippen LogP contribution in [0.4, 0.5) is 16.0 Å². The third-order valence-electron chi connectivity index (χ3n) is 2.37. The topological polar surface area (TPSA) is 59.9 Å². The van der Waals surface area contributed by atoms with Crippen LogP contribution in [0.3, 0.4) is 0 Å². The molecule has 0 spiro atoms. The number of aromatic nitrogens is 3. The average molecular weight is 297 g/mol. The molecule has 20 heavy (non-hydrogen) atoms. The first-order valence-corrected chi connectivity index (χ1v) is 6.43. The molecule has 0 saturated heterocycles. The number of hydrogen-bond acceptors (Lipinski definition) is 5. The van der Waals surface area contributed by atoms with E-state index in [0.717, 1.165) is 5.56 Å². The zero-order valence-corrected chi connectivity index (χ0v) is 12.1. The molecule has 106 valence electrons. The molecular weight excluding hydrogens is 283 g/mol. The van der Waals surface area contributed by atoms with E-state index in [0.29, 0.717) is 5.69 Å². The molecular formula is C13H14ClFN4O. The van der Waals surface area contributed by atoms with E-state index in [1.165, 1.54) is 12.1 Å². The molecule has 0 aliphatic heterocycles. The van der Waals surface area contributed by atoms with Gasteiger partial charge in [-0.1, -0.05) is 6.07 Å². The minimum absolute atomic E-state index is 0.00667. The second-order valence-electron chi connectivity index (χ2n) is 4.46. The monoisotopic (exact) mass is 296 g/mol. The van der Waals surface area contributed by atoms with Crippen molar-refractivity contribution in [2.24, 2.45) is 0 Å². The Labute approximate surface area is 121 Å². The van der Waals surface area contributed by atoms with E-state index in [9.17, 15) is 4.39 Å². The molecule has 0 saturated carbocycles. The van der Waals surface area contributed by atoms with Gasteiger partial charge in [-0.3, -0.25) is 0 Å². The first kappa shape index (κ1) is 14.5. The summed E-state index contributed by atoms with van der Waals surface area (Å²) in [4.78, 5) is 11.9. The Morgan fingerprint density at radius 1 is 1.25 bits per heavy atom. The number of halogens is 2. The highest BCUT2D eigenvalue weighted by Crippen LogP contribution is 2.21. The van der Waals surface area contributed by atoms with Gasteiger partial charge in [0.2, 0.25) is 11.2 Å². The molecule has 2 aromatic rings. The van der Waals surface area contributed by atoms with Gasteiger partial charge in [-0.05, 0) is 50.1 Å². The van der Waals surface area contributed by atoms with Crippen molar-refractivity contribution in [1.82, 2.24) is 15.0 Å². The number of nitrogens with zero attached hydrogens (tertiary/aromatic N) is 3.